The number of carboxylic acids is 1. The van der Waals surface area contributed by atoms with Gasteiger partial charge in [-0.1, -0.05) is 18.7 Å². The molecule has 3 aromatic heterocycles. The summed E-state index contributed by atoms with van der Waals surface area (Å²) < 4.78 is 12.2. The van der Waals surface area contributed by atoms with Gasteiger partial charge in [0.2, 0.25) is 17.3 Å². The largest absolute Gasteiger partial charge is 0.477 e. The van der Waals surface area contributed by atoms with Gasteiger partial charge in [-0.05, 0) is 18.4 Å². The van der Waals surface area contributed by atoms with Gasteiger partial charge in [-0.2, -0.15) is 4.98 Å². The van der Waals surface area contributed by atoms with Crippen LogP contribution >= 0.6 is 23.1 Å². The molecule has 262 valence electrons. The molecule has 0 spiro atoms. The highest BCUT2D eigenvalue weighted by Gasteiger charge is 2.54. The number of β-lactam (4-membered cyclic amide) rings is 1. The molecule has 3 amide bonds. The maximum atomic E-state index is 13.5. The number of ether oxygens (including phenoxy) is 2. The number of thioether (sulfide) groups is 1. The Morgan fingerprint density at radius 1 is 1.16 bits per heavy atom. The first-order valence-electron chi connectivity index (χ1n) is 15.7. The predicted octanol–water partition coefficient (Wildman–Crippen LogP) is 1.46. The molecule has 6 rings (SSSR count). The van der Waals surface area contributed by atoms with Crippen molar-refractivity contribution in [1.29, 1.82) is 0 Å². The second kappa shape index (κ2) is 14.7. The molecule has 6 heterocycles. The second-order valence-electron chi connectivity index (χ2n) is 11.4. The molecule has 3 aliphatic rings. The summed E-state index contributed by atoms with van der Waals surface area (Å²) in [6.45, 7) is 7.02. The van der Waals surface area contributed by atoms with E-state index in [-0.39, 0.29) is 46.9 Å². The summed E-state index contributed by atoms with van der Waals surface area (Å²) in [6, 6.07) is 2.75. The number of nitrogens with one attached hydrogen (secondary N) is 1. The van der Waals surface area contributed by atoms with Gasteiger partial charge in [0.1, 0.15) is 41.5 Å². The van der Waals surface area contributed by atoms with Crippen molar-refractivity contribution in [2.75, 3.05) is 50.0 Å². The standard InChI is InChI=1S/C32H33N7O9S2/c1-3-11-47-32(46)38-9-7-37(8-10-38)31-33-14-20-25(41)21(15-36(4-2)26(20)35-31)30(45)48-16-18-17-50-28-23(27(42)39(28)24(18)29(43)44)34-22(40)13-19-6-5-12-49-19/h3,5-6,12,14-15,23,28H,1,4,7-11,13,16-17H2,2H3,(H,34,40)(H,43,44)/t23-,28-/m1/s1. The first-order valence-corrected chi connectivity index (χ1v) is 17.6. The van der Waals surface area contributed by atoms with Gasteiger partial charge in [-0.25, -0.2) is 19.4 Å². The van der Waals surface area contributed by atoms with Crippen LogP contribution in [0.1, 0.15) is 22.2 Å². The van der Waals surface area contributed by atoms with Gasteiger partial charge in [-0.15, -0.1) is 23.1 Å². The van der Waals surface area contributed by atoms with E-state index in [4.69, 9.17) is 9.47 Å². The summed E-state index contributed by atoms with van der Waals surface area (Å²) in [6.07, 6.45) is 3.87. The lowest BCUT2D eigenvalue weighted by Crippen LogP contribution is -2.70. The third kappa shape index (κ3) is 6.80. The van der Waals surface area contributed by atoms with Crippen molar-refractivity contribution in [3.8, 4) is 0 Å². The van der Waals surface area contributed by atoms with Gasteiger partial charge in [0.25, 0.3) is 5.91 Å². The number of aryl methyl sites for hydroxylation is 1. The fourth-order valence-corrected chi connectivity index (χ4v) is 7.86. The highest BCUT2D eigenvalue weighted by molar-refractivity contribution is 8.00. The highest BCUT2D eigenvalue weighted by Crippen LogP contribution is 2.40. The summed E-state index contributed by atoms with van der Waals surface area (Å²) in [5.74, 6) is -2.78. The minimum Gasteiger partial charge on any atom is -0.477 e. The van der Waals surface area contributed by atoms with E-state index in [9.17, 15) is 33.9 Å². The lowest BCUT2D eigenvalue weighted by Gasteiger charge is -2.49. The number of hydrogen-bond donors (Lipinski definition) is 2. The number of anilines is 1. The minimum absolute atomic E-state index is 0.0940. The molecule has 50 heavy (non-hydrogen) atoms. The molecule has 16 nitrogen and oxygen atoms in total. The minimum atomic E-state index is -1.38. The number of rotatable bonds is 11. The molecule has 2 fully saturated rings. The average molecular weight is 724 g/mol. The van der Waals surface area contributed by atoms with Crippen LogP contribution in [0.15, 0.2) is 58.6 Å². The van der Waals surface area contributed by atoms with E-state index < -0.39 is 47.4 Å². The normalized spacial score (nSPS) is 18.7. The maximum absolute atomic E-state index is 13.5. The van der Waals surface area contributed by atoms with Crippen LogP contribution in [0, 0.1) is 0 Å². The number of aliphatic carboxylic acids is 1. The number of carboxylic acid groups (broad SMARTS) is 1. The summed E-state index contributed by atoms with van der Waals surface area (Å²) in [5.41, 5.74) is -0.751. The number of piperazine rings is 1. The molecule has 0 aliphatic carbocycles. The van der Waals surface area contributed by atoms with Crippen molar-refractivity contribution in [2.24, 2.45) is 0 Å². The van der Waals surface area contributed by atoms with Crippen LogP contribution in [0.25, 0.3) is 11.0 Å². The molecular weight excluding hydrogens is 691 g/mol. The molecule has 18 heteroatoms. The van der Waals surface area contributed by atoms with E-state index in [1.54, 1.807) is 9.47 Å². The number of pyridine rings is 1. The Balaban J connectivity index is 1.13. The fourth-order valence-electron chi connectivity index (χ4n) is 5.83. The van der Waals surface area contributed by atoms with E-state index in [0.29, 0.717) is 44.3 Å². The molecule has 0 unspecified atom stereocenters. The van der Waals surface area contributed by atoms with Crippen molar-refractivity contribution >= 4 is 69.9 Å². The van der Waals surface area contributed by atoms with Gasteiger partial charge in [0, 0.05) is 61.3 Å². The van der Waals surface area contributed by atoms with Crippen molar-refractivity contribution < 1.29 is 38.6 Å². The average Bonchev–Trinajstić information content (AvgIpc) is 3.64. The third-order valence-corrected chi connectivity index (χ3v) is 10.6. The molecule has 0 radical (unpaired) electrons. The molecule has 0 saturated carbocycles. The SMILES string of the molecule is C=CCOC(=O)N1CCN(c2ncc3c(=O)c(C(=O)OCC4=C(C(=O)O)N5C(=O)[C@@H](NC(=O)Cc6cccs6)[C@H]5SC4)cn(CC)c3n2)CC1. The number of amides is 3. The Morgan fingerprint density at radius 2 is 1.94 bits per heavy atom. The summed E-state index contributed by atoms with van der Waals surface area (Å²) in [4.78, 5) is 91.0. The zero-order chi connectivity index (χ0) is 35.5. The van der Waals surface area contributed by atoms with Crippen molar-refractivity contribution in [2.45, 2.75) is 31.3 Å². The zero-order valence-corrected chi connectivity index (χ0v) is 28.5. The van der Waals surface area contributed by atoms with Gasteiger partial charge >= 0.3 is 18.0 Å². The smallest absolute Gasteiger partial charge is 0.410 e. The molecule has 3 aromatic rings. The van der Waals surface area contributed by atoms with E-state index in [1.807, 2.05) is 29.3 Å². The summed E-state index contributed by atoms with van der Waals surface area (Å²) in [7, 11) is 0. The van der Waals surface area contributed by atoms with Gasteiger partial charge in [-0.3, -0.25) is 19.3 Å². The molecule has 2 atom stereocenters. The maximum Gasteiger partial charge on any atom is 0.410 e. The number of fused-ring (bicyclic) bond motifs is 2. The van der Waals surface area contributed by atoms with Gasteiger partial charge in [0.05, 0.1) is 11.8 Å². The van der Waals surface area contributed by atoms with Crippen LogP contribution in [-0.2, 0) is 36.8 Å². The monoisotopic (exact) mass is 723 g/mol. The van der Waals surface area contributed by atoms with Crippen LogP contribution in [0.3, 0.4) is 0 Å². The van der Waals surface area contributed by atoms with Crippen LogP contribution in [0.5, 0.6) is 0 Å². The van der Waals surface area contributed by atoms with Crippen LogP contribution in [-0.4, -0.2) is 116 Å². The Kier molecular flexibility index (Phi) is 10.2. The van der Waals surface area contributed by atoms with E-state index in [1.165, 1.54) is 41.6 Å². The number of carbonyl (C=O) groups is 5. The number of esters is 1. The Hall–Kier alpha value is -5.23. The first-order chi connectivity index (χ1) is 24.1. The highest BCUT2D eigenvalue weighted by atomic mass is 32.2. The third-order valence-electron chi connectivity index (χ3n) is 8.37. The molecule has 0 bridgehead atoms. The predicted molar refractivity (Wildman–Crippen MR) is 183 cm³/mol. The second-order valence-corrected chi connectivity index (χ2v) is 13.6. The lowest BCUT2D eigenvalue weighted by molar-refractivity contribution is -0.150. The van der Waals surface area contributed by atoms with E-state index in [2.05, 4.69) is 21.9 Å². The number of aromatic nitrogens is 3. The summed E-state index contributed by atoms with van der Waals surface area (Å²) in [5, 5.41) is 14.0. The van der Waals surface area contributed by atoms with Crippen LogP contribution in [0.4, 0.5) is 10.7 Å². The Bertz CT molecular complexity index is 1950. The number of thiophene rings is 1. The van der Waals surface area contributed by atoms with E-state index >= 15 is 0 Å². The number of hydrogen-bond acceptors (Lipinski definition) is 13. The molecule has 2 saturated heterocycles. The first kappa shape index (κ1) is 34.6. The molecule has 2 N–H and O–H groups in total. The zero-order valence-electron chi connectivity index (χ0n) is 26.9. The Morgan fingerprint density at radius 3 is 2.62 bits per heavy atom. The number of nitrogens with zero attached hydrogens (tertiary/aromatic N) is 6. The summed E-state index contributed by atoms with van der Waals surface area (Å²) >= 11 is 2.66. The lowest BCUT2D eigenvalue weighted by atomic mass is 10.0. The fraction of sp³-hybridized carbons (Fsp3) is 0.375. The van der Waals surface area contributed by atoms with E-state index in [0.717, 1.165) is 9.78 Å². The van der Waals surface area contributed by atoms with Crippen molar-refractivity contribution in [3.63, 3.8) is 0 Å². The molecule has 0 aromatic carbocycles. The van der Waals surface area contributed by atoms with Gasteiger partial charge < -0.3 is 34.3 Å². The number of carbonyl (C=O) groups excluding carboxylic acids is 4. The van der Waals surface area contributed by atoms with Crippen LogP contribution < -0.4 is 15.6 Å². The Labute approximate surface area is 293 Å². The quantitative estimate of drug-likeness (QED) is 0.164. The van der Waals surface area contributed by atoms with Gasteiger partial charge in [0.15, 0.2) is 0 Å². The molecular formula is C32H33N7O9S2. The molecule has 3 aliphatic heterocycles. The van der Waals surface area contributed by atoms with Crippen molar-refractivity contribution in [1.82, 2.24) is 29.7 Å². The topological polar surface area (TPSA) is 194 Å². The van der Waals surface area contributed by atoms with Crippen molar-refractivity contribution in [3.05, 3.63) is 74.5 Å². The van der Waals surface area contributed by atoms with Crippen LogP contribution in [0.2, 0.25) is 0 Å².